The summed E-state index contributed by atoms with van der Waals surface area (Å²) in [6, 6.07) is 17.9. The Morgan fingerprint density at radius 2 is 1.74 bits per heavy atom. The van der Waals surface area contributed by atoms with E-state index in [0.29, 0.717) is 6.61 Å². The van der Waals surface area contributed by atoms with E-state index in [1.165, 1.54) is 0 Å². The van der Waals surface area contributed by atoms with Gasteiger partial charge < -0.3 is 14.6 Å². The molecular formula is C19H26NO2P. The maximum atomic E-state index is 12.8. The number of ether oxygens (including phenoxy) is 1. The van der Waals surface area contributed by atoms with Gasteiger partial charge in [-0.25, -0.2) is 0 Å². The van der Waals surface area contributed by atoms with Crippen LogP contribution in [0.1, 0.15) is 20.3 Å². The maximum Gasteiger partial charge on any atom is 0.119 e. The molecule has 4 heteroatoms. The van der Waals surface area contributed by atoms with Gasteiger partial charge in [0.1, 0.15) is 12.9 Å². The zero-order valence-electron chi connectivity index (χ0n) is 14.0. The molecular weight excluding hydrogens is 305 g/mol. The van der Waals surface area contributed by atoms with Gasteiger partial charge in [0, 0.05) is 29.9 Å². The van der Waals surface area contributed by atoms with Gasteiger partial charge in [-0.1, -0.05) is 44.2 Å². The second kappa shape index (κ2) is 8.79. The van der Waals surface area contributed by atoms with Crippen LogP contribution in [0.25, 0.3) is 0 Å². The van der Waals surface area contributed by atoms with Crippen molar-refractivity contribution in [3.05, 3.63) is 54.6 Å². The van der Waals surface area contributed by atoms with Crippen LogP contribution in [0.15, 0.2) is 54.6 Å². The second-order valence-electron chi connectivity index (χ2n) is 5.51. The lowest BCUT2D eigenvalue weighted by Crippen LogP contribution is -2.12. The summed E-state index contributed by atoms with van der Waals surface area (Å²) in [5.41, 5.74) is 1.03. The average molecular weight is 331 g/mol. The minimum absolute atomic E-state index is 0.680. The normalized spacial score (nSPS) is 11.2. The summed E-state index contributed by atoms with van der Waals surface area (Å²) in [6.45, 7) is 5.52. The summed E-state index contributed by atoms with van der Waals surface area (Å²) in [4.78, 5) is 0. The molecule has 0 unspecified atom stereocenters. The van der Waals surface area contributed by atoms with Crippen molar-refractivity contribution in [2.75, 3.05) is 30.8 Å². The van der Waals surface area contributed by atoms with Crippen molar-refractivity contribution in [1.82, 2.24) is 0 Å². The van der Waals surface area contributed by atoms with E-state index in [1.54, 1.807) is 0 Å². The first-order valence-corrected chi connectivity index (χ1v) is 10.4. The largest absolute Gasteiger partial charge is 0.494 e. The Balaban J connectivity index is 1.81. The minimum Gasteiger partial charge on any atom is -0.494 e. The Kier molecular flexibility index (Phi) is 6.73. The molecule has 0 bridgehead atoms. The van der Waals surface area contributed by atoms with E-state index >= 15 is 0 Å². The molecule has 3 nitrogen and oxygen atoms in total. The zero-order valence-corrected chi connectivity index (χ0v) is 14.9. The first kappa shape index (κ1) is 17.6. The molecule has 0 fully saturated rings. The molecule has 0 aromatic heterocycles. The van der Waals surface area contributed by atoms with Crippen LogP contribution in [0.2, 0.25) is 0 Å². The number of hydrogen-bond acceptors (Lipinski definition) is 3. The van der Waals surface area contributed by atoms with E-state index < -0.39 is 7.14 Å². The van der Waals surface area contributed by atoms with Crippen LogP contribution in [-0.4, -0.2) is 25.5 Å². The van der Waals surface area contributed by atoms with Crippen LogP contribution < -0.4 is 15.4 Å². The summed E-state index contributed by atoms with van der Waals surface area (Å²) < 4.78 is 18.5. The summed E-state index contributed by atoms with van der Waals surface area (Å²) in [5.74, 6) is 0.904. The second-order valence-corrected chi connectivity index (χ2v) is 9.07. The lowest BCUT2D eigenvalue weighted by molar-refractivity contribution is 0.315. The van der Waals surface area contributed by atoms with Crippen LogP contribution in [0.4, 0.5) is 5.69 Å². The molecule has 0 saturated carbocycles. The average Bonchev–Trinajstić information content (AvgIpc) is 2.62. The number of para-hydroxylation sites is 1. The van der Waals surface area contributed by atoms with Crippen LogP contribution in [-0.2, 0) is 4.57 Å². The Labute approximate surface area is 139 Å². The number of nitrogens with one attached hydrogen (secondary N) is 1. The highest BCUT2D eigenvalue weighted by molar-refractivity contribution is 7.71. The van der Waals surface area contributed by atoms with Gasteiger partial charge in [-0.15, -0.1) is 0 Å². The highest BCUT2D eigenvalue weighted by Crippen LogP contribution is 2.43. The van der Waals surface area contributed by atoms with E-state index in [4.69, 9.17) is 4.74 Å². The summed E-state index contributed by atoms with van der Waals surface area (Å²) in [7, 11) is -2.21. The first-order chi connectivity index (χ1) is 11.2. The molecule has 0 amide bonds. The molecule has 0 aliphatic heterocycles. The van der Waals surface area contributed by atoms with Crippen molar-refractivity contribution >= 4 is 18.1 Å². The van der Waals surface area contributed by atoms with Crippen molar-refractivity contribution in [3.8, 4) is 5.75 Å². The maximum absolute atomic E-state index is 12.8. The Morgan fingerprint density at radius 1 is 1.00 bits per heavy atom. The van der Waals surface area contributed by atoms with E-state index in [1.807, 2.05) is 68.4 Å². The minimum atomic E-state index is -2.21. The Morgan fingerprint density at radius 3 is 2.43 bits per heavy atom. The van der Waals surface area contributed by atoms with Gasteiger partial charge in [-0.3, -0.25) is 0 Å². The van der Waals surface area contributed by atoms with Crippen molar-refractivity contribution < 1.29 is 9.30 Å². The number of anilines is 1. The van der Waals surface area contributed by atoms with Crippen LogP contribution in [0.5, 0.6) is 5.75 Å². The third kappa shape index (κ3) is 5.14. The Bertz CT molecular complexity index is 635. The number of rotatable bonds is 9. The standard InChI is InChI=1S/C19H26NO2P/c1-3-23(21,4-2)19-13-8-10-17(16-19)20-14-9-15-22-18-11-6-5-7-12-18/h5-8,10-13,16,20H,3-4,9,14-15H2,1-2H3. The van der Waals surface area contributed by atoms with Gasteiger partial charge >= 0.3 is 0 Å². The van der Waals surface area contributed by atoms with Crippen molar-refractivity contribution in [1.29, 1.82) is 0 Å². The lowest BCUT2D eigenvalue weighted by atomic mass is 10.3. The molecule has 23 heavy (non-hydrogen) atoms. The van der Waals surface area contributed by atoms with Crippen molar-refractivity contribution in [3.63, 3.8) is 0 Å². The van der Waals surface area contributed by atoms with E-state index in [9.17, 15) is 4.57 Å². The smallest absolute Gasteiger partial charge is 0.119 e. The van der Waals surface area contributed by atoms with Crippen LogP contribution >= 0.6 is 7.14 Å². The van der Waals surface area contributed by atoms with Gasteiger partial charge in [0.25, 0.3) is 0 Å². The number of benzene rings is 2. The monoisotopic (exact) mass is 331 g/mol. The summed E-state index contributed by atoms with van der Waals surface area (Å²) in [6.07, 6.45) is 2.36. The van der Waals surface area contributed by atoms with E-state index in [0.717, 1.165) is 42.0 Å². The highest BCUT2D eigenvalue weighted by Gasteiger charge is 2.19. The fourth-order valence-electron chi connectivity index (χ4n) is 2.47. The third-order valence-corrected chi connectivity index (χ3v) is 7.26. The molecule has 0 aliphatic rings. The van der Waals surface area contributed by atoms with Gasteiger partial charge in [0.15, 0.2) is 0 Å². The quantitative estimate of drug-likeness (QED) is 0.539. The van der Waals surface area contributed by atoms with E-state index in [-0.39, 0.29) is 0 Å². The fraction of sp³-hybridized carbons (Fsp3) is 0.368. The molecule has 0 heterocycles. The molecule has 2 aromatic carbocycles. The molecule has 0 aliphatic carbocycles. The molecule has 124 valence electrons. The van der Waals surface area contributed by atoms with Gasteiger partial charge in [-0.2, -0.15) is 0 Å². The van der Waals surface area contributed by atoms with Crippen molar-refractivity contribution in [2.45, 2.75) is 20.3 Å². The fourth-order valence-corrected chi connectivity index (χ4v) is 4.38. The molecule has 2 aromatic rings. The zero-order chi connectivity index (χ0) is 16.5. The topological polar surface area (TPSA) is 38.3 Å². The third-order valence-electron chi connectivity index (χ3n) is 4.00. The van der Waals surface area contributed by atoms with Crippen molar-refractivity contribution in [2.24, 2.45) is 0 Å². The molecule has 0 spiro atoms. The van der Waals surface area contributed by atoms with Crippen LogP contribution in [0, 0.1) is 0 Å². The molecule has 2 rings (SSSR count). The lowest BCUT2D eigenvalue weighted by Gasteiger charge is -2.16. The van der Waals surface area contributed by atoms with Crippen LogP contribution in [0.3, 0.4) is 0 Å². The predicted octanol–water partition coefficient (Wildman–Crippen LogP) is 4.60. The first-order valence-electron chi connectivity index (χ1n) is 8.28. The van der Waals surface area contributed by atoms with Gasteiger partial charge in [0.05, 0.1) is 6.61 Å². The highest BCUT2D eigenvalue weighted by atomic mass is 31.2. The number of hydrogen-bond donors (Lipinski definition) is 1. The SMILES string of the molecule is CCP(=O)(CC)c1cccc(NCCCOc2ccccc2)c1. The summed E-state index contributed by atoms with van der Waals surface area (Å²) >= 11 is 0. The summed E-state index contributed by atoms with van der Waals surface area (Å²) in [5, 5.41) is 4.37. The molecule has 1 N–H and O–H groups in total. The molecule has 0 atom stereocenters. The predicted molar refractivity (Wildman–Crippen MR) is 99.8 cm³/mol. The Hall–Kier alpha value is -1.73. The van der Waals surface area contributed by atoms with E-state index in [2.05, 4.69) is 5.32 Å². The molecule has 0 radical (unpaired) electrons. The van der Waals surface area contributed by atoms with Gasteiger partial charge in [0.2, 0.25) is 0 Å². The van der Waals surface area contributed by atoms with Gasteiger partial charge in [-0.05, 0) is 30.7 Å². The molecule has 0 saturated heterocycles.